The molecule has 6 heteroatoms. The monoisotopic (exact) mass is 413 g/mol. The van der Waals surface area contributed by atoms with Crippen molar-refractivity contribution in [1.82, 2.24) is 5.32 Å². The predicted molar refractivity (Wildman–Crippen MR) is 117 cm³/mol. The predicted octanol–water partition coefficient (Wildman–Crippen LogP) is 4.40. The van der Waals surface area contributed by atoms with Gasteiger partial charge in [0.05, 0.1) is 10.9 Å². The van der Waals surface area contributed by atoms with E-state index in [0.29, 0.717) is 27.9 Å². The Morgan fingerprint density at radius 3 is 2.26 bits per heavy atom. The second kappa shape index (κ2) is 8.28. The summed E-state index contributed by atoms with van der Waals surface area (Å²) in [5.41, 5.74) is 3.54. The second-order valence-electron chi connectivity index (χ2n) is 7.24. The minimum Gasteiger partial charge on any atom is -0.478 e. The van der Waals surface area contributed by atoms with Gasteiger partial charge in [0, 0.05) is 23.7 Å². The first-order valence-corrected chi connectivity index (χ1v) is 9.66. The average Bonchev–Trinajstić information content (AvgIpc) is 2.78. The molecule has 4 rings (SSSR count). The summed E-state index contributed by atoms with van der Waals surface area (Å²) in [7, 11) is 0. The van der Waals surface area contributed by atoms with Crippen molar-refractivity contribution in [2.75, 3.05) is 0 Å². The SMILES string of the molecule is Cc1ccc2oc(-c3ccc(C(=O)NCc4ccc(C(=O)O)cc4)cc3)cc(=O)c2c1. The number of aromatic carboxylic acids is 1. The van der Waals surface area contributed by atoms with Gasteiger partial charge in [-0.05, 0) is 48.9 Å². The van der Waals surface area contributed by atoms with E-state index >= 15 is 0 Å². The minimum atomic E-state index is -0.993. The highest BCUT2D eigenvalue weighted by Crippen LogP contribution is 2.23. The van der Waals surface area contributed by atoms with E-state index in [9.17, 15) is 14.4 Å². The van der Waals surface area contributed by atoms with Crippen molar-refractivity contribution in [1.29, 1.82) is 0 Å². The van der Waals surface area contributed by atoms with E-state index in [4.69, 9.17) is 9.52 Å². The lowest BCUT2D eigenvalue weighted by atomic mass is 10.1. The molecule has 6 nitrogen and oxygen atoms in total. The number of carbonyl (C=O) groups is 2. The number of carboxylic acid groups (broad SMARTS) is 1. The highest BCUT2D eigenvalue weighted by molar-refractivity contribution is 5.94. The summed E-state index contributed by atoms with van der Waals surface area (Å²) in [4.78, 5) is 35.7. The third kappa shape index (κ3) is 4.38. The summed E-state index contributed by atoms with van der Waals surface area (Å²) in [5.74, 6) is -0.816. The number of hydrogen-bond donors (Lipinski definition) is 2. The lowest BCUT2D eigenvalue weighted by Gasteiger charge is -2.07. The van der Waals surface area contributed by atoms with Crippen LogP contribution in [0.4, 0.5) is 0 Å². The molecule has 0 saturated carbocycles. The molecule has 0 radical (unpaired) electrons. The van der Waals surface area contributed by atoms with Crippen LogP contribution in [0.1, 0.15) is 31.8 Å². The van der Waals surface area contributed by atoms with E-state index < -0.39 is 5.97 Å². The Balaban J connectivity index is 1.48. The number of benzene rings is 3. The highest BCUT2D eigenvalue weighted by Gasteiger charge is 2.10. The molecule has 31 heavy (non-hydrogen) atoms. The molecule has 1 heterocycles. The van der Waals surface area contributed by atoms with Crippen LogP contribution in [0.2, 0.25) is 0 Å². The van der Waals surface area contributed by atoms with Crippen LogP contribution in [0.15, 0.2) is 82.0 Å². The standard InChI is InChI=1S/C25H19NO5/c1-15-2-11-22-20(12-15)21(27)13-23(31-22)17-7-9-18(10-8-17)24(28)26-14-16-3-5-19(6-4-16)25(29)30/h2-13H,14H2,1H3,(H,26,28)(H,29,30). The number of aryl methyl sites for hydroxylation is 1. The Bertz CT molecular complexity index is 1340. The zero-order chi connectivity index (χ0) is 22.0. The lowest BCUT2D eigenvalue weighted by molar-refractivity contribution is 0.0696. The molecule has 0 aliphatic rings. The fourth-order valence-corrected chi connectivity index (χ4v) is 3.25. The van der Waals surface area contributed by atoms with Crippen molar-refractivity contribution < 1.29 is 19.1 Å². The molecule has 0 bridgehead atoms. The maximum absolute atomic E-state index is 12.4. The molecule has 0 fully saturated rings. The van der Waals surface area contributed by atoms with Crippen LogP contribution in [-0.2, 0) is 6.54 Å². The number of carbonyl (C=O) groups excluding carboxylic acids is 1. The summed E-state index contributed by atoms with van der Waals surface area (Å²) in [6.45, 7) is 2.20. The molecule has 154 valence electrons. The van der Waals surface area contributed by atoms with Gasteiger partial charge in [-0.2, -0.15) is 0 Å². The molecule has 0 atom stereocenters. The number of nitrogens with one attached hydrogen (secondary N) is 1. The summed E-state index contributed by atoms with van der Waals surface area (Å²) in [6.07, 6.45) is 0. The van der Waals surface area contributed by atoms with E-state index in [1.54, 1.807) is 48.5 Å². The van der Waals surface area contributed by atoms with Gasteiger partial charge in [-0.3, -0.25) is 9.59 Å². The zero-order valence-electron chi connectivity index (χ0n) is 16.7. The van der Waals surface area contributed by atoms with Gasteiger partial charge in [0.15, 0.2) is 5.43 Å². The fraction of sp³-hybridized carbons (Fsp3) is 0.0800. The maximum Gasteiger partial charge on any atom is 0.335 e. The van der Waals surface area contributed by atoms with E-state index in [-0.39, 0.29) is 23.4 Å². The zero-order valence-corrected chi connectivity index (χ0v) is 16.7. The Hall–Kier alpha value is -4.19. The highest BCUT2D eigenvalue weighted by atomic mass is 16.4. The largest absolute Gasteiger partial charge is 0.478 e. The Kier molecular flexibility index (Phi) is 5.37. The first-order valence-electron chi connectivity index (χ1n) is 9.66. The minimum absolute atomic E-state index is 0.115. The van der Waals surface area contributed by atoms with Crippen LogP contribution in [0.25, 0.3) is 22.3 Å². The molecule has 0 spiro atoms. The number of amides is 1. The van der Waals surface area contributed by atoms with Crippen molar-refractivity contribution in [3.8, 4) is 11.3 Å². The van der Waals surface area contributed by atoms with Gasteiger partial charge in [-0.25, -0.2) is 4.79 Å². The quantitative estimate of drug-likeness (QED) is 0.506. The normalized spacial score (nSPS) is 10.7. The molecule has 0 unspecified atom stereocenters. The molecule has 1 aromatic heterocycles. The molecule has 2 N–H and O–H groups in total. The van der Waals surface area contributed by atoms with Gasteiger partial charge in [-0.15, -0.1) is 0 Å². The summed E-state index contributed by atoms with van der Waals surface area (Å²) >= 11 is 0. The molecule has 0 saturated heterocycles. The molecule has 1 amide bonds. The van der Waals surface area contributed by atoms with Gasteiger partial charge in [0.1, 0.15) is 11.3 Å². The summed E-state index contributed by atoms with van der Waals surface area (Å²) < 4.78 is 5.87. The Morgan fingerprint density at radius 1 is 0.903 bits per heavy atom. The van der Waals surface area contributed by atoms with Crippen molar-refractivity contribution in [2.45, 2.75) is 13.5 Å². The first-order chi connectivity index (χ1) is 14.9. The van der Waals surface area contributed by atoms with Gasteiger partial charge in [0.2, 0.25) is 0 Å². The van der Waals surface area contributed by atoms with Crippen LogP contribution in [0.3, 0.4) is 0 Å². The first kappa shape index (κ1) is 20.1. The van der Waals surface area contributed by atoms with E-state index in [1.165, 1.54) is 18.2 Å². The number of hydrogen-bond acceptors (Lipinski definition) is 4. The Labute approximate surface area is 177 Å². The van der Waals surface area contributed by atoms with Gasteiger partial charge >= 0.3 is 5.97 Å². The van der Waals surface area contributed by atoms with Crippen molar-refractivity contribution in [3.63, 3.8) is 0 Å². The summed E-state index contributed by atoms with van der Waals surface area (Å²) in [5, 5.41) is 12.3. The van der Waals surface area contributed by atoms with Gasteiger partial charge in [-0.1, -0.05) is 35.9 Å². The molecular formula is C25H19NO5. The molecule has 0 aliphatic heterocycles. The number of carboxylic acids is 1. The van der Waals surface area contributed by atoms with Crippen molar-refractivity contribution in [2.24, 2.45) is 0 Å². The van der Waals surface area contributed by atoms with Crippen LogP contribution in [-0.4, -0.2) is 17.0 Å². The number of fused-ring (bicyclic) bond motifs is 1. The maximum atomic E-state index is 12.4. The van der Waals surface area contributed by atoms with Crippen LogP contribution < -0.4 is 10.7 Å². The Morgan fingerprint density at radius 2 is 1.58 bits per heavy atom. The third-order valence-electron chi connectivity index (χ3n) is 4.97. The topological polar surface area (TPSA) is 96.6 Å². The molecule has 3 aromatic carbocycles. The summed E-state index contributed by atoms with van der Waals surface area (Å²) in [6, 6.07) is 20.0. The van der Waals surface area contributed by atoms with E-state index in [0.717, 1.165) is 11.1 Å². The smallest absolute Gasteiger partial charge is 0.335 e. The second-order valence-corrected chi connectivity index (χ2v) is 7.24. The van der Waals surface area contributed by atoms with E-state index in [2.05, 4.69) is 5.32 Å². The van der Waals surface area contributed by atoms with E-state index in [1.807, 2.05) is 13.0 Å². The molecular weight excluding hydrogens is 394 g/mol. The third-order valence-corrected chi connectivity index (χ3v) is 4.97. The van der Waals surface area contributed by atoms with Gasteiger partial charge < -0.3 is 14.8 Å². The van der Waals surface area contributed by atoms with Crippen LogP contribution in [0, 0.1) is 6.92 Å². The van der Waals surface area contributed by atoms with Crippen molar-refractivity contribution in [3.05, 3.63) is 105 Å². The molecule has 0 aliphatic carbocycles. The van der Waals surface area contributed by atoms with Crippen LogP contribution >= 0.6 is 0 Å². The lowest BCUT2D eigenvalue weighted by Crippen LogP contribution is -2.22. The van der Waals surface area contributed by atoms with Crippen molar-refractivity contribution >= 4 is 22.8 Å². The number of rotatable bonds is 5. The molecule has 4 aromatic rings. The van der Waals surface area contributed by atoms with Crippen LogP contribution in [0.5, 0.6) is 0 Å². The fourth-order valence-electron chi connectivity index (χ4n) is 3.25. The average molecular weight is 413 g/mol. The van der Waals surface area contributed by atoms with Gasteiger partial charge in [0.25, 0.3) is 5.91 Å².